The summed E-state index contributed by atoms with van der Waals surface area (Å²) in [5.74, 6) is 0. The molecule has 3 nitrogen and oxygen atoms in total. The Kier molecular flexibility index (Phi) is 2.90. The molecule has 0 amide bonds. The Morgan fingerprint density at radius 2 is 2.20 bits per heavy atom. The number of pyridine rings is 1. The van der Waals surface area contributed by atoms with Gasteiger partial charge in [0.2, 0.25) is 0 Å². The fourth-order valence-corrected chi connectivity index (χ4v) is 2.06. The van der Waals surface area contributed by atoms with Crippen LogP contribution in [0.25, 0.3) is 0 Å². The van der Waals surface area contributed by atoms with Gasteiger partial charge >= 0.3 is 0 Å². The molecule has 0 aromatic carbocycles. The normalized spacial score (nSPS) is 19.5. The van der Waals surface area contributed by atoms with Crippen LogP contribution in [0.5, 0.6) is 0 Å². The fraction of sp³-hybridized carbons (Fsp3) is 0.455. The van der Waals surface area contributed by atoms with E-state index in [4.69, 9.17) is 16.3 Å². The minimum absolute atomic E-state index is 0.439. The average molecular weight is 223 g/mol. The smallest absolute Gasteiger partial charge is 0.129 e. The summed E-state index contributed by atoms with van der Waals surface area (Å²) in [5.41, 5.74) is 0.512. The monoisotopic (exact) mass is 222 g/mol. The highest BCUT2D eigenvalue weighted by Gasteiger charge is 2.34. The van der Waals surface area contributed by atoms with Crippen molar-refractivity contribution in [3.63, 3.8) is 0 Å². The molecule has 1 aliphatic rings. The van der Waals surface area contributed by atoms with E-state index in [0.717, 1.165) is 18.4 Å². The lowest BCUT2D eigenvalue weighted by Gasteiger charge is -2.30. The average Bonchev–Trinajstić information content (AvgIpc) is 2.30. The molecule has 0 saturated carbocycles. The van der Waals surface area contributed by atoms with Crippen LogP contribution in [0.1, 0.15) is 18.4 Å². The van der Waals surface area contributed by atoms with E-state index in [-0.39, 0.29) is 0 Å². The van der Waals surface area contributed by atoms with Crippen molar-refractivity contribution in [1.29, 1.82) is 5.26 Å². The van der Waals surface area contributed by atoms with Gasteiger partial charge < -0.3 is 4.74 Å². The van der Waals surface area contributed by atoms with Crippen molar-refractivity contribution < 1.29 is 4.74 Å². The SMILES string of the molecule is N#CC1(c2ccnc(Cl)c2)CCOCC1. The first-order chi connectivity index (χ1) is 7.27. The van der Waals surface area contributed by atoms with Crippen LogP contribution >= 0.6 is 11.6 Å². The second-order valence-electron chi connectivity index (χ2n) is 3.67. The molecule has 78 valence electrons. The second kappa shape index (κ2) is 4.18. The molecule has 2 heterocycles. The third-order valence-corrected chi connectivity index (χ3v) is 3.05. The standard InChI is InChI=1S/C11H11ClN2O/c12-10-7-9(1-4-14-10)11(8-13)2-5-15-6-3-11/h1,4,7H,2-3,5-6H2. The van der Waals surface area contributed by atoms with Gasteiger partial charge in [-0.2, -0.15) is 5.26 Å². The third kappa shape index (κ3) is 1.97. The van der Waals surface area contributed by atoms with E-state index in [9.17, 15) is 5.26 Å². The lowest BCUT2D eigenvalue weighted by atomic mass is 9.76. The predicted molar refractivity (Wildman–Crippen MR) is 56.6 cm³/mol. The van der Waals surface area contributed by atoms with Gasteiger partial charge in [-0.15, -0.1) is 0 Å². The number of nitrogens with zero attached hydrogens (tertiary/aromatic N) is 2. The molecular formula is C11H11ClN2O. The molecule has 1 fully saturated rings. The summed E-state index contributed by atoms with van der Waals surface area (Å²) >= 11 is 5.83. The maximum atomic E-state index is 9.32. The van der Waals surface area contributed by atoms with E-state index in [0.29, 0.717) is 18.4 Å². The van der Waals surface area contributed by atoms with Crippen molar-refractivity contribution in [2.45, 2.75) is 18.3 Å². The Balaban J connectivity index is 2.37. The summed E-state index contributed by atoms with van der Waals surface area (Å²) in [5, 5.41) is 9.76. The molecular weight excluding hydrogens is 212 g/mol. The second-order valence-corrected chi connectivity index (χ2v) is 4.06. The van der Waals surface area contributed by atoms with Crippen LogP contribution in [0.15, 0.2) is 18.3 Å². The van der Waals surface area contributed by atoms with Crippen LogP contribution < -0.4 is 0 Å². The number of halogens is 1. The maximum Gasteiger partial charge on any atom is 0.129 e. The third-order valence-electron chi connectivity index (χ3n) is 2.84. The predicted octanol–water partition coefficient (Wildman–Crippen LogP) is 2.31. The summed E-state index contributed by atoms with van der Waals surface area (Å²) in [4.78, 5) is 3.92. The topological polar surface area (TPSA) is 45.9 Å². The molecule has 0 atom stereocenters. The zero-order chi connectivity index (χ0) is 10.7. The van der Waals surface area contributed by atoms with Gasteiger partial charge in [-0.1, -0.05) is 11.6 Å². The number of aromatic nitrogens is 1. The number of hydrogen-bond acceptors (Lipinski definition) is 3. The number of hydrogen-bond donors (Lipinski definition) is 0. The first-order valence-electron chi connectivity index (χ1n) is 4.88. The molecule has 0 spiro atoms. The molecule has 0 N–H and O–H groups in total. The molecule has 1 saturated heterocycles. The molecule has 0 radical (unpaired) electrons. The molecule has 0 bridgehead atoms. The van der Waals surface area contributed by atoms with Crippen LogP contribution in [0.2, 0.25) is 5.15 Å². The molecule has 0 unspecified atom stereocenters. The first kappa shape index (κ1) is 10.4. The zero-order valence-electron chi connectivity index (χ0n) is 8.24. The first-order valence-corrected chi connectivity index (χ1v) is 5.26. The van der Waals surface area contributed by atoms with Gasteiger partial charge in [-0.25, -0.2) is 4.98 Å². The molecule has 15 heavy (non-hydrogen) atoms. The summed E-state index contributed by atoms with van der Waals surface area (Å²) in [6.45, 7) is 1.26. The van der Waals surface area contributed by atoms with Crippen LogP contribution in [-0.2, 0) is 10.2 Å². The van der Waals surface area contributed by atoms with Crippen molar-refractivity contribution in [3.05, 3.63) is 29.0 Å². The van der Waals surface area contributed by atoms with Crippen molar-refractivity contribution in [1.82, 2.24) is 4.98 Å². The van der Waals surface area contributed by atoms with Crippen molar-refractivity contribution in [3.8, 4) is 6.07 Å². The molecule has 4 heteroatoms. The highest BCUT2D eigenvalue weighted by molar-refractivity contribution is 6.29. The number of nitriles is 1. The van der Waals surface area contributed by atoms with E-state index in [1.807, 2.05) is 6.07 Å². The Morgan fingerprint density at radius 3 is 2.80 bits per heavy atom. The van der Waals surface area contributed by atoms with Gasteiger partial charge in [-0.3, -0.25) is 0 Å². The van der Waals surface area contributed by atoms with E-state index in [1.54, 1.807) is 12.3 Å². The van der Waals surface area contributed by atoms with Crippen LogP contribution in [0.4, 0.5) is 0 Å². The molecule has 1 aliphatic heterocycles. The van der Waals surface area contributed by atoms with E-state index in [2.05, 4.69) is 11.1 Å². The van der Waals surface area contributed by atoms with Gasteiger partial charge in [0, 0.05) is 19.4 Å². The summed E-state index contributed by atoms with van der Waals surface area (Å²) in [7, 11) is 0. The number of ether oxygens (including phenoxy) is 1. The maximum absolute atomic E-state index is 9.32. The van der Waals surface area contributed by atoms with Crippen LogP contribution in [0.3, 0.4) is 0 Å². The fourth-order valence-electron chi connectivity index (χ4n) is 1.89. The van der Waals surface area contributed by atoms with Gasteiger partial charge in [-0.05, 0) is 30.5 Å². The van der Waals surface area contributed by atoms with Gasteiger partial charge in [0.15, 0.2) is 0 Å². The summed E-state index contributed by atoms with van der Waals surface area (Å²) < 4.78 is 5.28. The minimum Gasteiger partial charge on any atom is -0.381 e. The Labute approximate surface area is 93.6 Å². The summed E-state index contributed by atoms with van der Waals surface area (Å²) in [6, 6.07) is 6.03. The van der Waals surface area contributed by atoms with Gasteiger partial charge in [0.05, 0.1) is 11.5 Å². The lowest BCUT2D eigenvalue weighted by molar-refractivity contribution is 0.0675. The molecule has 2 rings (SSSR count). The van der Waals surface area contributed by atoms with Crippen molar-refractivity contribution in [2.75, 3.05) is 13.2 Å². The van der Waals surface area contributed by atoms with E-state index in [1.165, 1.54) is 0 Å². The zero-order valence-corrected chi connectivity index (χ0v) is 9.00. The quantitative estimate of drug-likeness (QED) is 0.685. The molecule has 0 aliphatic carbocycles. The van der Waals surface area contributed by atoms with E-state index < -0.39 is 5.41 Å². The van der Waals surface area contributed by atoms with Crippen LogP contribution in [-0.4, -0.2) is 18.2 Å². The Morgan fingerprint density at radius 1 is 1.47 bits per heavy atom. The van der Waals surface area contributed by atoms with E-state index >= 15 is 0 Å². The highest BCUT2D eigenvalue weighted by Crippen LogP contribution is 2.34. The Bertz CT molecular complexity index is 394. The molecule has 1 aromatic rings. The largest absolute Gasteiger partial charge is 0.381 e. The number of rotatable bonds is 1. The Hall–Kier alpha value is -1.11. The highest BCUT2D eigenvalue weighted by atomic mass is 35.5. The van der Waals surface area contributed by atoms with Gasteiger partial charge in [0.1, 0.15) is 5.15 Å². The minimum atomic E-state index is -0.440. The lowest BCUT2D eigenvalue weighted by Crippen LogP contribution is -2.32. The van der Waals surface area contributed by atoms with Crippen molar-refractivity contribution in [2.24, 2.45) is 0 Å². The van der Waals surface area contributed by atoms with Gasteiger partial charge in [0.25, 0.3) is 0 Å². The van der Waals surface area contributed by atoms with Crippen LogP contribution in [0, 0.1) is 11.3 Å². The summed E-state index contributed by atoms with van der Waals surface area (Å²) in [6.07, 6.45) is 3.10. The van der Waals surface area contributed by atoms with Crippen molar-refractivity contribution >= 4 is 11.6 Å². The molecule has 1 aromatic heterocycles.